The molecule has 5 heteroatoms. The molecule has 1 amide bonds. The standard InChI is InChI=1S/C15H21FN2O2/c1-2-18(11-12-4-3-5-13(16)10-12)14(19)15(17)6-8-20-9-7-15/h3-5,10H,2,6-9,11,17H2,1H3. The zero-order valence-electron chi connectivity index (χ0n) is 11.8. The number of halogens is 1. The average molecular weight is 280 g/mol. The molecular weight excluding hydrogens is 259 g/mol. The molecule has 0 unspecified atom stereocenters. The Bertz CT molecular complexity index is 473. The fourth-order valence-electron chi connectivity index (χ4n) is 2.45. The van der Waals surface area contributed by atoms with Crippen molar-refractivity contribution in [2.45, 2.75) is 31.8 Å². The molecule has 0 atom stereocenters. The van der Waals surface area contributed by atoms with E-state index < -0.39 is 5.54 Å². The molecule has 2 N–H and O–H groups in total. The van der Waals surface area contributed by atoms with Crippen LogP contribution in [0.25, 0.3) is 0 Å². The quantitative estimate of drug-likeness (QED) is 0.913. The van der Waals surface area contributed by atoms with E-state index >= 15 is 0 Å². The first-order valence-electron chi connectivity index (χ1n) is 6.95. The number of hydrogen-bond donors (Lipinski definition) is 1. The first-order valence-corrected chi connectivity index (χ1v) is 6.95. The maximum absolute atomic E-state index is 13.2. The molecule has 0 aromatic heterocycles. The van der Waals surface area contributed by atoms with Crippen molar-refractivity contribution in [1.82, 2.24) is 4.90 Å². The number of ether oxygens (including phenoxy) is 1. The molecule has 0 aliphatic carbocycles. The van der Waals surface area contributed by atoms with E-state index in [1.165, 1.54) is 12.1 Å². The third-order valence-electron chi connectivity index (χ3n) is 3.74. The van der Waals surface area contributed by atoms with E-state index in [0.29, 0.717) is 39.1 Å². The molecule has 1 aliphatic heterocycles. The summed E-state index contributed by atoms with van der Waals surface area (Å²) in [6.07, 6.45) is 1.07. The zero-order chi connectivity index (χ0) is 14.6. The number of likely N-dealkylation sites (N-methyl/N-ethyl adjacent to an activating group) is 1. The Morgan fingerprint density at radius 2 is 2.15 bits per heavy atom. The van der Waals surface area contributed by atoms with Crippen molar-refractivity contribution in [3.8, 4) is 0 Å². The van der Waals surface area contributed by atoms with Crippen LogP contribution in [0, 0.1) is 5.82 Å². The molecule has 0 saturated carbocycles. The second-order valence-corrected chi connectivity index (χ2v) is 5.22. The number of nitrogens with zero attached hydrogens (tertiary/aromatic N) is 1. The minimum atomic E-state index is -0.846. The summed E-state index contributed by atoms with van der Waals surface area (Å²) in [6, 6.07) is 6.30. The Morgan fingerprint density at radius 3 is 2.75 bits per heavy atom. The van der Waals surface area contributed by atoms with Gasteiger partial charge in [0.2, 0.25) is 5.91 Å². The summed E-state index contributed by atoms with van der Waals surface area (Å²) < 4.78 is 18.5. The van der Waals surface area contributed by atoms with Crippen LogP contribution < -0.4 is 5.73 Å². The third kappa shape index (κ3) is 3.35. The fourth-order valence-corrected chi connectivity index (χ4v) is 2.45. The van der Waals surface area contributed by atoms with Gasteiger partial charge in [0.15, 0.2) is 0 Å². The maximum atomic E-state index is 13.2. The summed E-state index contributed by atoms with van der Waals surface area (Å²) in [5, 5.41) is 0. The second-order valence-electron chi connectivity index (χ2n) is 5.22. The normalized spacial score (nSPS) is 17.8. The van der Waals surface area contributed by atoms with Gasteiger partial charge in [-0.2, -0.15) is 0 Å². The highest BCUT2D eigenvalue weighted by Gasteiger charge is 2.38. The Balaban J connectivity index is 2.09. The summed E-state index contributed by atoms with van der Waals surface area (Å²) in [6.45, 7) is 3.86. The van der Waals surface area contributed by atoms with Gasteiger partial charge in [-0.3, -0.25) is 4.79 Å². The minimum Gasteiger partial charge on any atom is -0.381 e. The van der Waals surface area contributed by atoms with Gasteiger partial charge in [0, 0.05) is 26.3 Å². The van der Waals surface area contributed by atoms with Gasteiger partial charge in [0.1, 0.15) is 5.82 Å². The van der Waals surface area contributed by atoms with Gasteiger partial charge in [-0.15, -0.1) is 0 Å². The van der Waals surface area contributed by atoms with Gasteiger partial charge in [-0.25, -0.2) is 4.39 Å². The van der Waals surface area contributed by atoms with E-state index in [1.807, 2.05) is 13.0 Å². The smallest absolute Gasteiger partial charge is 0.243 e. The Kier molecular flexibility index (Phi) is 4.73. The number of amides is 1. The van der Waals surface area contributed by atoms with Crippen LogP contribution in [0.5, 0.6) is 0 Å². The molecule has 1 saturated heterocycles. The van der Waals surface area contributed by atoms with Crippen molar-refractivity contribution in [1.29, 1.82) is 0 Å². The van der Waals surface area contributed by atoms with Gasteiger partial charge in [0.25, 0.3) is 0 Å². The maximum Gasteiger partial charge on any atom is 0.243 e. The van der Waals surface area contributed by atoms with E-state index in [2.05, 4.69) is 0 Å². The molecule has 0 bridgehead atoms. The molecule has 4 nitrogen and oxygen atoms in total. The lowest BCUT2D eigenvalue weighted by Crippen LogP contribution is -2.57. The molecular formula is C15H21FN2O2. The van der Waals surface area contributed by atoms with Crippen LogP contribution in [0.2, 0.25) is 0 Å². The van der Waals surface area contributed by atoms with Gasteiger partial charge < -0.3 is 15.4 Å². The highest BCUT2D eigenvalue weighted by molar-refractivity contribution is 5.86. The van der Waals surface area contributed by atoms with Crippen LogP contribution in [0.3, 0.4) is 0 Å². The lowest BCUT2D eigenvalue weighted by atomic mass is 9.89. The molecule has 1 heterocycles. The van der Waals surface area contributed by atoms with E-state index in [-0.39, 0.29) is 11.7 Å². The van der Waals surface area contributed by atoms with Crippen molar-refractivity contribution in [3.63, 3.8) is 0 Å². The van der Waals surface area contributed by atoms with Gasteiger partial charge in [-0.05, 0) is 37.5 Å². The van der Waals surface area contributed by atoms with Crippen molar-refractivity contribution in [2.75, 3.05) is 19.8 Å². The first kappa shape index (κ1) is 14.9. The molecule has 2 rings (SSSR count). The number of nitrogens with two attached hydrogens (primary N) is 1. The van der Waals surface area contributed by atoms with Crippen molar-refractivity contribution < 1.29 is 13.9 Å². The Labute approximate surface area is 118 Å². The predicted molar refractivity (Wildman–Crippen MR) is 74.5 cm³/mol. The Hall–Kier alpha value is -1.46. The summed E-state index contributed by atoms with van der Waals surface area (Å²) in [7, 11) is 0. The molecule has 20 heavy (non-hydrogen) atoms. The molecule has 1 aromatic carbocycles. The third-order valence-corrected chi connectivity index (χ3v) is 3.74. The number of rotatable bonds is 4. The largest absolute Gasteiger partial charge is 0.381 e. The van der Waals surface area contributed by atoms with Crippen LogP contribution in [-0.2, 0) is 16.1 Å². The Morgan fingerprint density at radius 1 is 1.45 bits per heavy atom. The molecule has 0 radical (unpaired) electrons. The van der Waals surface area contributed by atoms with Crippen LogP contribution in [0.15, 0.2) is 24.3 Å². The fraction of sp³-hybridized carbons (Fsp3) is 0.533. The average Bonchev–Trinajstić information content (AvgIpc) is 2.45. The lowest BCUT2D eigenvalue weighted by Gasteiger charge is -2.36. The number of carbonyl (C=O) groups excluding carboxylic acids is 1. The molecule has 110 valence electrons. The molecule has 1 fully saturated rings. The topological polar surface area (TPSA) is 55.6 Å². The first-order chi connectivity index (χ1) is 9.55. The van der Waals surface area contributed by atoms with Crippen LogP contribution in [0.1, 0.15) is 25.3 Å². The van der Waals surface area contributed by atoms with Crippen molar-refractivity contribution in [3.05, 3.63) is 35.6 Å². The second kappa shape index (κ2) is 6.33. The molecule has 0 spiro atoms. The molecule has 1 aromatic rings. The summed E-state index contributed by atoms with van der Waals surface area (Å²) in [5.74, 6) is -0.368. The van der Waals surface area contributed by atoms with Crippen molar-refractivity contribution >= 4 is 5.91 Å². The van der Waals surface area contributed by atoms with Crippen molar-refractivity contribution in [2.24, 2.45) is 5.73 Å². The minimum absolute atomic E-state index is 0.0763. The number of carbonyl (C=O) groups is 1. The summed E-state index contributed by atoms with van der Waals surface area (Å²) >= 11 is 0. The SMILES string of the molecule is CCN(Cc1cccc(F)c1)C(=O)C1(N)CCOCC1. The monoisotopic (exact) mass is 280 g/mol. The highest BCUT2D eigenvalue weighted by atomic mass is 19.1. The molecule has 1 aliphatic rings. The van der Waals surface area contributed by atoms with Crippen LogP contribution >= 0.6 is 0 Å². The van der Waals surface area contributed by atoms with Gasteiger partial charge >= 0.3 is 0 Å². The van der Waals surface area contributed by atoms with E-state index in [1.54, 1.807) is 11.0 Å². The number of benzene rings is 1. The zero-order valence-corrected chi connectivity index (χ0v) is 11.8. The van der Waals surface area contributed by atoms with Crippen LogP contribution in [-0.4, -0.2) is 36.1 Å². The van der Waals surface area contributed by atoms with E-state index in [4.69, 9.17) is 10.5 Å². The predicted octanol–water partition coefficient (Wildman–Crippen LogP) is 1.68. The number of hydrogen-bond acceptors (Lipinski definition) is 3. The summed E-state index contributed by atoms with van der Waals surface area (Å²) in [5.41, 5.74) is 6.15. The van der Waals surface area contributed by atoms with E-state index in [9.17, 15) is 9.18 Å². The van der Waals surface area contributed by atoms with Gasteiger partial charge in [0.05, 0.1) is 5.54 Å². The summed E-state index contributed by atoms with van der Waals surface area (Å²) in [4.78, 5) is 14.3. The highest BCUT2D eigenvalue weighted by Crippen LogP contribution is 2.21. The van der Waals surface area contributed by atoms with Crippen LogP contribution in [0.4, 0.5) is 4.39 Å². The lowest BCUT2D eigenvalue weighted by molar-refractivity contribution is -0.141. The van der Waals surface area contributed by atoms with E-state index in [0.717, 1.165) is 5.56 Å². The van der Waals surface area contributed by atoms with Gasteiger partial charge in [-0.1, -0.05) is 12.1 Å².